The lowest BCUT2D eigenvalue weighted by atomic mass is 10.2. The second-order valence-electron chi connectivity index (χ2n) is 6.18. The summed E-state index contributed by atoms with van der Waals surface area (Å²) in [5, 5.41) is 11.4. The van der Waals surface area contributed by atoms with Gasteiger partial charge in [0.15, 0.2) is 5.17 Å². The fraction of sp³-hybridized carbons (Fsp3) is 0.190. The highest BCUT2D eigenvalue weighted by Crippen LogP contribution is 2.34. The smallest absolute Gasteiger partial charge is 0.338 e. The van der Waals surface area contributed by atoms with Crippen LogP contribution in [0.1, 0.15) is 29.8 Å². The van der Waals surface area contributed by atoms with E-state index in [0.717, 1.165) is 0 Å². The topological polar surface area (TPSA) is 102 Å². The van der Waals surface area contributed by atoms with Crippen LogP contribution in [-0.2, 0) is 9.53 Å². The highest BCUT2D eigenvalue weighted by atomic mass is 32.2. The molecule has 3 rings (SSSR count). The van der Waals surface area contributed by atoms with Crippen LogP contribution in [0.4, 0.5) is 11.4 Å². The fourth-order valence-corrected chi connectivity index (χ4v) is 3.84. The number of nitrogens with zero attached hydrogens (tertiary/aromatic N) is 3. The Kier molecular flexibility index (Phi) is 6.63. The first-order valence-corrected chi connectivity index (χ1v) is 10.1. The van der Waals surface area contributed by atoms with E-state index in [9.17, 15) is 19.7 Å². The fourth-order valence-electron chi connectivity index (χ4n) is 2.78. The lowest BCUT2D eigenvalue weighted by Gasteiger charge is -2.12. The first kappa shape index (κ1) is 21.3. The van der Waals surface area contributed by atoms with Crippen LogP contribution in [0.3, 0.4) is 0 Å². The van der Waals surface area contributed by atoms with Crippen molar-refractivity contribution in [1.82, 2.24) is 4.90 Å². The highest BCUT2D eigenvalue weighted by Gasteiger charge is 2.32. The number of likely N-dealkylation sites (N-methyl/N-ethyl adjacent to an activating group) is 1. The van der Waals surface area contributed by atoms with Crippen molar-refractivity contribution in [2.45, 2.75) is 13.8 Å². The molecule has 9 heteroatoms. The SMILES string of the molecule is CCOC(=O)c1cccc(N=C2SC(=Cc3cccc([N+](=O)[O-])c3)C(=O)N2CC)c1. The summed E-state index contributed by atoms with van der Waals surface area (Å²) >= 11 is 1.18. The first-order chi connectivity index (χ1) is 14.4. The van der Waals surface area contributed by atoms with Crippen molar-refractivity contribution in [3.05, 3.63) is 74.7 Å². The van der Waals surface area contributed by atoms with Gasteiger partial charge in [-0.2, -0.15) is 0 Å². The average molecular weight is 425 g/mol. The number of nitro groups is 1. The number of carbonyl (C=O) groups is 2. The van der Waals surface area contributed by atoms with Crippen molar-refractivity contribution >= 4 is 46.3 Å². The number of ether oxygens (including phenoxy) is 1. The van der Waals surface area contributed by atoms with Crippen molar-refractivity contribution in [3.63, 3.8) is 0 Å². The molecule has 1 amide bonds. The number of rotatable bonds is 6. The molecule has 0 N–H and O–H groups in total. The Hall–Kier alpha value is -3.46. The summed E-state index contributed by atoms with van der Waals surface area (Å²) in [5.41, 5.74) is 1.41. The van der Waals surface area contributed by atoms with Gasteiger partial charge in [-0.25, -0.2) is 9.79 Å². The number of hydrogen-bond acceptors (Lipinski definition) is 7. The quantitative estimate of drug-likeness (QED) is 0.294. The number of carbonyl (C=O) groups excluding carboxylic acids is 2. The Bertz CT molecular complexity index is 1060. The molecule has 2 aromatic carbocycles. The summed E-state index contributed by atoms with van der Waals surface area (Å²) in [6, 6.07) is 12.7. The molecule has 0 spiro atoms. The van der Waals surface area contributed by atoms with Crippen LogP contribution in [-0.4, -0.2) is 40.0 Å². The second-order valence-corrected chi connectivity index (χ2v) is 7.19. The number of amides is 1. The molecule has 1 aliphatic rings. The third kappa shape index (κ3) is 4.74. The van der Waals surface area contributed by atoms with Gasteiger partial charge in [-0.3, -0.25) is 19.8 Å². The third-order valence-electron chi connectivity index (χ3n) is 4.17. The van der Waals surface area contributed by atoms with E-state index < -0.39 is 10.9 Å². The Labute approximate surface area is 177 Å². The second kappa shape index (κ2) is 9.36. The zero-order chi connectivity index (χ0) is 21.7. The molecule has 1 saturated heterocycles. The molecule has 0 unspecified atom stereocenters. The van der Waals surface area contributed by atoms with Crippen molar-refractivity contribution in [3.8, 4) is 0 Å². The molecule has 0 saturated carbocycles. The highest BCUT2D eigenvalue weighted by molar-refractivity contribution is 8.18. The molecule has 1 heterocycles. The molecule has 0 radical (unpaired) electrons. The molecule has 0 aliphatic carbocycles. The van der Waals surface area contributed by atoms with Gasteiger partial charge in [0.2, 0.25) is 0 Å². The number of esters is 1. The monoisotopic (exact) mass is 425 g/mol. The van der Waals surface area contributed by atoms with Gasteiger partial charge in [-0.1, -0.05) is 18.2 Å². The van der Waals surface area contributed by atoms with Crippen molar-refractivity contribution < 1.29 is 19.2 Å². The minimum atomic E-state index is -0.479. The Morgan fingerprint density at radius 1 is 1.23 bits per heavy atom. The number of benzene rings is 2. The van der Waals surface area contributed by atoms with Crippen LogP contribution < -0.4 is 0 Å². The van der Waals surface area contributed by atoms with Gasteiger partial charge in [0, 0.05) is 18.7 Å². The molecule has 8 nitrogen and oxygen atoms in total. The van der Waals surface area contributed by atoms with E-state index in [4.69, 9.17) is 4.74 Å². The average Bonchev–Trinajstić information content (AvgIpc) is 3.02. The van der Waals surface area contributed by atoms with E-state index in [1.807, 2.05) is 6.92 Å². The maximum Gasteiger partial charge on any atom is 0.338 e. The van der Waals surface area contributed by atoms with Crippen molar-refractivity contribution in [2.75, 3.05) is 13.2 Å². The molecule has 30 heavy (non-hydrogen) atoms. The zero-order valence-corrected chi connectivity index (χ0v) is 17.2. The zero-order valence-electron chi connectivity index (χ0n) is 16.4. The van der Waals surface area contributed by atoms with Gasteiger partial charge in [0.1, 0.15) is 0 Å². The predicted octanol–water partition coefficient (Wildman–Crippen LogP) is 4.40. The van der Waals surface area contributed by atoms with Gasteiger partial charge in [-0.05, 0) is 55.4 Å². The molecule has 1 fully saturated rings. The molecular formula is C21H19N3O5S. The number of nitro benzene ring substituents is 1. The van der Waals surface area contributed by atoms with E-state index in [1.54, 1.807) is 49.4 Å². The van der Waals surface area contributed by atoms with Crippen molar-refractivity contribution in [2.24, 2.45) is 4.99 Å². The minimum absolute atomic E-state index is 0.0446. The predicted molar refractivity (Wildman–Crippen MR) is 116 cm³/mol. The molecule has 0 atom stereocenters. The molecule has 1 aliphatic heterocycles. The van der Waals surface area contributed by atoms with Gasteiger partial charge < -0.3 is 4.74 Å². The molecule has 0 bridgehead atoms. The maximum atomic E-state index is 12.8. The first-order valence-electron chi connectivity index (χ1n) is 9.24. The summed E-state index contributed by atoms with van der Waals surface area (Å²) in [6.45, 7) is 4.25. The number of thioether (sulfide) groups is 1. The van der Waals surface area contributed by atoms with Gasteiger partial charge in [0.25, 0.3) is 11.6 Å². The molecule has 154 valence electrons. The Balaban J connectivity index is 1.91. The third-order valence-corrected chi connectivity index (χ3v) is 5.17. The summed E-state index contributed by atoms with van der Waals surface area (Å²) in [5.74, 6) is -0.664. The van der Waals surface area contributed by atoms with Crippen LogP contribution in [0.15, 0.2) is 58.4 Å². The van der Waals surface area contributed by atoms with E-state index in [1.165, 1.54) is 28.8 Å². The number of non-ortho nitro benzene ring substituents is 1. The summed E-state index contributed by atoms with van der Waals surface area (Å²) < 4.78 is 5.01. The van der Waals surface area contributed by atoms with Crippen LogP contribution in [0, 0.1) is 10.1 Å². The molecule has 0 aromatic heterocycles. The lowest BCUT2D eigenvalue weighted by molar-refractivity contribution is -0.384. The normalized spacial score (nSPS) is 16.3. The lowest BCUT2D eigenvalue weighted by Crippen LogP contribution is -2.28. The summed E-state index contributed by atoms with van der Waals surface area (Å²) in [7, 11) is 0. The van der Waals surface area contributed by atoms with E-state index in [0.29, 0.717) is 33.4 Å². The number of hydrogen-bond donors (Lipinski definition) is 0. The summed E-state index contributed by atoms with van der Waals surface area (Å²) in [4.78, 5) is 41.7. The Morgan fingerprint density at radius 2 is 2.00 bits per heavy atom. The number of amidine groups is 1. The van der Waals surface area contributed by atoms with E-state index in [-0.39, 0.29) is 18.2 Å². The largest absolute Gasteiger partial charge is 0.462 e. The van der Waals surface area contributed by atoms with Gasteiger partial charge in [-0.15, -0.1) is 0 Å². The maximum absolute atomic E-state index is 12.8. The standard InChI is InChI=1S/C21H19N3O5S/c1-3-23-19(25)18(12-14-7-5-10-17(11-14)24(27)28)30-21(23)22-16-9-6-8-15(13-16)20(26)29-4-2/h5-13H,3-4H2,1-2H3. The van der Waals surface area contributed by atoms with Crippen LogP contribution in [0.2, 0.25) is 0 Å². The van der Waals surface area contributed by atoms with Crippen LogP contribution >= 0.6 is 11.8 Å². The van der Waals surface area contributed by atoms with E-state index in [2.05, 4.69) is 4.99 Å². The summed E-state index contributed by atoms with van der Waals surface area (Å²) in [6.07, 6.45) is 1.61. The van der Waals surface area contributed by atoms with Crippen LogP contribution in [0.25, 0.3) is 6.08 Å². The van der Waals surface area contributed by atoms with Crippen molar-refractivity contribution in [1.29, 1.82) is 0 Å². The Morgan fingerprint density at radius 3 is 2.70 bits per heavy atom. The van der Waals surface area contributed by atoms with Crippen LogP contribution in [0.5, 0.6) is 0 Å². The van der Waals surface area contributed by atoms with E-state index >= 15 is 0 Å². The molecule has 2 aromatic rings. The van der Waals surface area contributed by atoms with Gasteiger partial charge >= 0.3 is 5.97 Å². The minimum Gasteiger partial charge on any atom is -0.462 e. The molecular weight excluding hydrogens is 406 g/mol. The van der Waals surface area contributed by atoms with Gasteiger partial charge in [0.05, 0.1) is 27.7 Å². The number of aliphatic imine (C=N–C) groups is 1.